The second-order valence-corrected chi connectivity index (χ2v) is 4.49. The highest BCUT2D eigenvalue weighted by atomic mass is 16.3. The number of nitrogens with zero attached hydrogens (tertiary/aromatic N) is 1. The number of carbonyl (C=O) groups excluding carboxylic acids is 1. The van der Waals surface area contributed by atoms with Gasteiger partial charge in [-0.2, -0.15) is 0 Å². The molecule has 1 aliphatic rings. The molecule has 0 spiro atoms. The van der Waals surface area contributed by atoms with Gasteiger partial charge in [0.2, 0.25) is 0 Å². The normalized spacial score (nSPS) is 19.1. The quantitative estimate of drug-likeness (QED) is 0.752. The molecule has 3 rings (SSSR count). The average molecular weight is 227 g/mol. The maximum absolute atomic E-state index is 12.1. The Balaban J connectivity index is 2.02. The van der Waals surface area contributed by atoms with Crippen molar-refractivity contribution in [3.05, 3.63) is 53.2 Å². The molecule has 2 aromatic heterocycles. The van der Waals surface area contributed by atoms with Gasteiger partial charge in [-0.3, -0.25) is 9.78 Å². The summed E-state index contributed by atoms with van der Waals surface area (Å²) in [4.78, 5) is 16.5. The molecular formula is C14H13NO2. The minimum absolute atomic E-state index is 0.138. The summed E-state index contributed by atoms with van der Waals surface area (Å²) in [6.45, 7) is 1.96. The molecule has 0 saturated heterocycles. The zero-order valence-corrected chi connectivity index (χ0v) is 9.64. The second kappa shape index (κ2) is 3.84. The molecule has 0 fully saturated rings. The number of aryl methyl sites for hydroxylation is 1. The summed E-state index contributed by atoms with van der Waals surface area (Å²) in [6.07, 6.45) is 4.73. The third kappa shape index (κ3) is 1.68. The van der Waals surface area contributed by atoms with Gasteiger partial charge < -0.3 is 4.42 Å². The van der Waals surface area contributed by atoms with Crippen LogP contribution < -0.4 is 0 Å². The van der Waals surface area contributed by atoms with Crippen molar-refractivity contribution in [3.8, 4) is 0 Å². The number of pyridine rings is 1. The summed E-state index contributed by atoms with van der Waals surface area (Å²) in [5.74, 6) is 1.20. The number of hydrogen-bond donors (Lipinski definition) is 0. The van der Waals surface area contributed by atoms with Crippen LogP contribution in [0.3, 0.4) is 0 Å². The van der Waals surface area contributed by atoms with E-state index in [2.05, 4.69) is 4.98 Å². The molecule has 86 valence electrons. The fourth-order valence-electron chi connectivity index (χ4n) is 2.51. The minimum Gasteiger partial charge on any atom is -0.469 e. The van der Waals surface area contributed by atoms with E-state index in [4.69, 9.17) is 4.42 Å². The standard InChI is InChI=1S/C14H13NO2/c1-9-4-5-15-11-7-10(8-12(16)14(9)11)13-3-2-6-17-13/h2-6,10H,7-8H2,1H3/t10-/m0/s1. The highest BCUT2D eigenvalue weighted by Gasteiger charge is 2.29. The van der Waals surface area contributed by atoms with Crippen LogP contribution in [0.4, 0.5) is 0 Å². The van der Waals surface area contributed by atoms with Crippen molar-refractivity contribution in [1.82, 2.24) is 4.98 Å². The predicted molar refractivity (Wildman–Crippen MR) is 63.1 cm³/mol. The number of fused-ring (bicyclic) bond motifs is 1. The Morgan fingerprint density at radius 1 is 1.35 bits per heavy atom. The first-order valence-corrected chi connectivity index (χ1v) is 5.77. The summed E-state index contributed by atoms with van der Waals surface area (Å²) < 4.78 is 5.39. The molecule has 1 aliphatic carbocycles. The van der Waals surface area contributed by atoms with Crippen LogP contribution in [0.25, 0.3) is 0 Å². The molecule has 3 heteroatoms. The second-order valence-electron chi connectivity index (χ2n) is 4.49. The van der Waals surface area contributed by atoms with Gasteiger partial charge in [-0.15, -0.1) is 0 Å². The van der Waals surface area contributed by atoms with Crippen molar-refractivity contribution in [2.45, 2.75) is 25.7 Å². The number of ketones is 1. The minimum atomic E-state index is 0.138. The molecular weight excluding hydrogens is 214 g/mol. The summed E-state index contributed by atoms with van der Waals surface area (Å²) in [7, 11) is 0. The molecule has 3 nitrogen and oxygen atoms in total. The van der Waals surface area contributed by atoms with Crippen molar-refractivity contribution in [3.63, 3.8) is 0 Å². The van der Waals surface area contributed by atoms with E-state index in [9.17, 15) is 4.79 Å². The molecule has 17 heavy (non-hydrogen) atoms. The van der Waals surface area contributed by atoms with E-state index in [0.717, 1.165) is 29.0 Å². The molecule has 1 atom stereocenters. The molecule has 0 saturated carbocycles. The third-order valence-corrected chi connectivity index (χ3v) is 3.33. The number of carbonyl (C=O) groups is 1. The molecule has 0 unspecified atom stereocenters. The van der Waals surface area contributed by atoms with Gasteiger partial charge in [0.1, 0.15) is 5.76 Å². The molecule has 0 N–H and O–H groups in total. The van der Waals surface area contributed by atoms with Crippen LogP contribution in [0.5, 0.6) is 0 Å². The number of hydrogen-bond acceptors (Lipinski definition) is 3. The Labute approximate surface area is 99.5 Å². The van der Waals surface area contributed by atoms with Gasteiger partial charge in [-0.05, 0) is 30.7 Å². The highest BCUT2D eigenvalue weighted by molar-refractivity contribution is 5.99. The van der Waals surface area contributed by atoms with Gasteiger partial charge >= 0.3 is 0 Å². The van der Waals surface area contributed by atoms with Crippen LogP contribution in [0, 0.1) is 6.92 Å². The van der Waals surface area contributed by atoms with Gasteiger partial charge in [0.25, 0.3) is 0 Å². The summed E-state index contributed by atoms with van der Waals surface area (Å²) in [6, 6.07) is 5.68. The number of Topliss-reactive ketones (excluding diaryl/α,β-unsaturated/α-hetero) is 1. The molecule has 0 bridgehead atoms. The SMILES string of the molecule is Cc1ccnc2c1C(=O)C[C@@H](c1ccco1)C2. The van der Waals surface area contributed by atoms with Crippen LogP contribution in [0.1, 0.15) is 39.7 Å². The maximum atomic E-state index is 12.1. The van der Waals surface area contributed by atoms with Gasteiger partial charge in [0.05, 0.1) is 12.0 Å². The number of rotatable bonds is 1. The summed E-state index contributed by atoms with van der Waals surface area (Å²) >= 11 is 0. The van der Waals surface area contributed by atoms with Crippen LogP contribution >= 0.6 is 0 Å². The molecule has 0 aromatic carbocycles. The average Bonchev–Trinajstić information content (AvgIpc) is 2.81. The zero-order chi connectivity index (χ0) is 11.8. The molecule has 0 amide bonds. The van der Waals surface area contributed by atoms with Gasteiger partial charge in [-0.1, -0.05) is 0 Å². The van der Waals surface area contributed by atoms with E-state index in [-0.39, 0.29) is 11.7 Å². The smallest absolute Gasteiger partial charge is 0.165 e. The van der Waals surface area contributed by atoms with E-state index in [0.29, 0.717) is 6.42 Å². The Bertz CT molecular complexity index is 558. The Morgan fingerprint density at radius 2 is 2.24 bits per heavy atom. The number of furan rings is 1. The third-order valence-electron chi connectivity index (χ3n) is 3.33. The lowest BCUT2D eigenvalue weighted by Crippen LogP contribution is -2.20. The van der Waals surface area contributed by atoms with Crippen molar-refractivity contribution >= 4 is 5.78 Å². The van der Waals surface area contributed by atoms with E-state index in [1.54, 1.807) is 12.5 Å². The summed E-state index contributed by atoms with van der Waals surface area (Å²) in [5, 5.41) is 0. The predicted octanol–water partition coefficient (Wildman–Crippen LogP) is 2.90. The lowest BCUT2D eigenvalue weighted by molar-refractivity contribution is 0.0958. The summed E-state index contributed by atoms with van der Waals surface area (Å²) in [5.41, 5.74) is 2.75. The first-order valence-electron chi connectivity index (χ1n) is 5.77. The Hall–Kier alpha value is -1.90. The fourth-order valence-corrected chi connectivity index (χ4v) is 2.51. The van der Waals surface area contributed by atoms with Gasteiger partial charge in [0.15, 0.2) is 5.78 Å². The van der Waals surface area contributed by atoms with E-state index in [1.165, 1.54) is 0 Å². The van der Waals surface area contributed by atoms with Gasteiger partial charge in [0, 0.05) is 30.5 Å². The largest absolute Gasteiger partial charge is 0.469 e. The lowest BCUT2D eigenvalue weighted by Gasteiger charge is -2.22. The van der Waals surface area contributed by atoms with E-state index < -0.39 is 0 Å². The van der Waals surface area contributed by atoms with Crippen molar-refractivity contribution in [1.29, 1.82) is 0 Å². The molecule has 2 aromatic rings. The van der Waals surface area contributed by atoms with Crippen LogP contribution in [0.15, 0.2) is 35.1 Å². The Morgan fingerprint density at radius 3 is 3.00 bits per heavy atom. The monoisotopic (exact) mass is 227 g/mol. The lowest BCUT2D eigenvalue weighted by atomic mass is 9.83. The number of aromatic nitrogens is 1. The van der Waals surface area contributed by atoms with Crippen LogP contribution in [-0.4, -0.2) is 10.8 Å². The van der Waals surface area contributed by atoms with Gasteiger partial charge in [-0.25, -0.2) is 0 Å². The topological polar surface area (TPSA) is 43.1 Å². The van der Waals surface area contributed by atoms with E-state index in [1.807, 2.05) is 25.1 Å². The molecule has 0 radical (unpaired) electrons. The first kappa shape index (κ1) is 10.3. The highest BCUT2D eigenvalue weighted by Crippen LogP contribution is 2.32. The van der Waals surface area contributed by atoms with Crippen molar-refractivity contribution in [2.24, 2.45) is 0 Å². The van der Waals surface area contributed by atoms with Crippen molar-refractivity contribution in [2.75, 3.05) is 0 Å². The van der Waals surface area contributed by atoms with Crippen LogP contribution in [-0.2, 0) is 6.42 Å². The van der Waals surface area contributed by atoms with E-state index >= 15 is 0 Å². The molecule has 2 heterocycles. The molecule has 0 aliphatic heterocycles. The first-order chi connectivity index (χ1) is 8.25. The maximum Gasteiger partial charge on any atom is 0.165 e. The zero-order valence-electron chi connectivity index (χ0n) is 9.64. The van der Waals surface area contributed by atoms with Crippen molar-refractivity contribution < 1.29 is 9.21 Å². The fraction of sp³-hybridized carbons (Fsp3) is 0.286. The Kier molecular flexibility index (Phi) is 2.32. The van der Waals surface area contributed by atoms with Crippen LogP contribution in [0.2, 0.25) is 0 Å².